The van der Waals surface area contributed by atoms with Crippen molar-refractivity contribution in [3.05, 3.63) is 63.9 Å². The molecule has 2 aromatic carbocycles. The molecule has 1 aliphatic heterocycles. The highest BCUT2D eigenvalue weighted by Gasteiger charge is 2.64. The van der Waals surface area contributed by atoms with E-state index in [-0.39, 0.29) is 29.7 Å². The van der Waals surface area contributed by atoms with Gasteiger partial charge < -0.3 is 31.1 Å². The molecule has 4 aliphatic rings. The van der Waals surface area contributed by atoms with Crippen LogP contribution in [0.3, 0.4) is 0 Å². The molecule has 238 valence electrons. The average molecular weight is 617 g/mol. The minimum atomic E-state index is -2.67. The molecule has 11 nitrogen and oxygen atoms in total. The van der Waals surface area contributed by atoms with Crippen molar-refractivity contribution in [2.24, 2.45) is 17.6 Å². The van der Waals surface area contributed by atoms with Gasteiger partial charge in [0, 0.05) is 43.4 Å². The number of carbonyl (C=O) groups excluding carboxylic acids is 3. The number of likely N-dealkylation sites (N-methyl/N-ethyl adjacent to an activating group) is 1. The summed E-state index contributed by atoms with van der Waals surface area (Å²) in [7, 11) is 6.87. The zero-order valence-electron chi connectivity index (χ0n) is 26.0. The lowest BCUT2D eigenvalue weighted by atomic mass is 9.57. The summed E-state index contributed by atoms with van der Waals surface area (Å²) < 4.78 is 0. The van der Waals surface area contributed by atoms with Crippen LogP contribution in [-0.2, 0) is 27.3 Å². The molecule has 0 aromatic heterocycles. The fraction of sp³-hybridized carbons (Fsp3) is 0.441. The maximum Gasteiger partial charge on any atom is 0.255 e. The standard InChI is InChI=1S/C34H40N4O7/c1-36(2)23-15-20(18-9-7-17(8-10-18)16-38-11-5-6-12-38)28(39)25-21(23)13-19-14-22-27(37(3)4)30(41)26(33(35)44)32(43)34(22,45)31(42)24(19)29(25)40/h7-10,15,19,22,27,39-40,43,45H,5-6,11-14,16H2,1-4H3,(H2,35,44)/t19-,22+,27+,34-/m0/s1. The third-order valence-electron chi connectivity index (χ3n) is 10.0. The molecule has 1 heterocycles. The van der Waals surface area contributed by atoms with E-state index in [4.69, 9.17) is 5.73 Å². The first-order chi connectivity index (χ1) is 21.3. The fourth-order valence-electron chi connectivity index (χ4n) is 7.90. The van der Waals surface area contributed by atoms with E-state index in [1.54, 1.807) is 14.1 Å². The number of aromatic hydroxyl groups is 1. The first kappa shape index (κ1) is 30.8. The zero-order chi connectivity index (χ0) is 32.5. The summed E-state index contributed by atoms with van der Waals surface area (Å²) in [5.74, 6) is -6.63. The third kappa shape index (κ3) is 4.63. The fourth-order valence-corrected chi connectivity index (χ4v) is 7.90. The Morgan fingerprint density at radius 1 is 1.04 bits per heavy atom. The molecule has 1 saturated carbocycles. The van der Waals surface area contributed by atoms with Crippen LogP contribution in [0, 0.1) is 11.8 Å². The van der Waals surface area contributed by atoms with Gasteiger partial charge >= 0.3 is 0 Å². The van der Waals surface area contributed by atoms with Crippen molar-refractivity contribution < 1.29 is 34.8 Å². The van der Waals surface area contributed by atoms with E-state index in [2.05, 4.69) is 4.90 Å². The van der Waals surface area contributed by atoms with Crippen LogP contribution in [0.1, 0.15) is 36.0 Å². The van der Waals surface area contributed by atoms with Gasteiger partial charge in [0.1, 0.15) is 22.8 Å². The second-order valence-corrected chi connectivity index (χ2v) is 13.2. The molecule has 45 heavy (non-hydrogen) atoms. The molecule has 2 aromatic rings. The molecule has 1 saturated heterocycles. The summed E-state index contributed by atoms with van der Waals surface area (Å²) in [6.45, 7) is 3.00. The second kappa shape index (κ2) is 11.0. The number of aliphatic hydroxyl groups excluding tert-OH is 2. The molecule has 1 amide bonds. The number of carbonyl (C=O) groups is 3. The Morgan fingerprint density at radius 2 is 1.69 bits per heavy atom. The number of rotatable bonds is 6. The smallest absolute Gasteiger partial charge is 0.255 e. The van der Waals surface area contributed by atoms with Crippen molar-refractivity contribution in [2.75, 3.05) is 46.2 Å². The first-order valence-electron chi connectivity index (χ1n) is 15.3. The highest BCUT2D eigenvalue weighted by Crippen LogP contribution is 2.55. The van der Waals surface area contributed by atoms with Crippen LogP contribution in [0.15, 0.2) is 47.2 Å². The number of hydrogen-bond acceptors (Lipinski definition) is 10. The lowest BCUT2D eigenvalue weighted by molar-refractivity contribution is -0.153. The van der Waals surface area contributed by atoms with Gasteiger partial charge in [-0.3, -0.25) is 24.2 Å². The molecule has 3 aliphatic carbocycles. The number of aliphatic hydroxyl groups is 3. The predicted molar refractivity (Wildman–Crippen MR) is 169 cm³/mol. The van der Waals surface area contributed by atoms with Gasteiger partial charge in [-0.25, -0.2) is 0 Å². The first-order valence-corrected chi connectivity index (χ1v) is 15.3. The maximum atomic E-state index is 14.2. The summed E-state index contributed by atoms with van der Waals surface area (Å²) in [6.07, 6.45) is 2.67. The Bertz CT molecular complexity index is 1670. The molecule has 2 fully saturated rings. The van der Waals surface area contributed by atoms with Gasteiger partial charge in [-0.2, -0.15) is 0 Å². The number of primary amides is 1. The largest absolute Gasteiger partial charge is 0.508 e. The molecule has 6 N–H and O–H groups in total. The predicted octanol–water partition coefficient (Wildman–Crippen LogP) is 2.29. The number of hydrogen-bond donors (Lipinski definition) is 5. The van der Waals surface area contributed by atoms with Crippen molar-refractivity contribution in [1.29, 1.82) is 0 Å². The van der Waals surface area contributed by atoms with Gasteiger partial charge in [0.15, 0.2) is 11.4 Å². The summed E-state index contributed by atoms with van der Waals surface area (Å²) in [5.41, 5.74) is 5.53. The number of nitrogens with two attached hydrogens (primary N) is 1. The molecule has 0 radical (unpaired) electrons. The molecule has 0 unspecified atom stereocenters. The van der Waals surface area contributed by atoms with Gasteiger partial charge in [-0.15, -0.1) is 0 Å². The number of phenols is 1. The Hall–Kier alpha value is -4.19. The summed E-state index contributed by atoms with van der Waals surface area (Å²) >= 11 is 0. The third-order valence-corrected chi connectivity index (χ3v) is 10.0. The topological polar surface area (TPSA) is 168 Å². The monoisotopic (exact) mass is 616 g/mol. The lowest BCUT2D eigenvalue weighted by Gasteiger charge is -2.50. The summed E-state index contributed by atoms with van der Waals surface area (Å²) in [6, 6.07) is 8.63. The van der Waals surface area contributed by atoms with Gasteiger partial charge in [0.05, 0.1) is 11.6 Å². The Kier molecular flexibility index (Phi) is 7.54. The highest BCUT2D eigenvalue weighted by atomic mass is 16.3. The van der Waals surface area contributed by atoms with Crippen LogP contribution < -0.4 is 10.6 Å². The number of nitrogens with zero attached hydrogens (tertiary/aromatic N) is 3. The molecule has 11 heteroatoms. The Labute approximate surface area is 261 Å². The Balaban J connectivity index is 1.48. The summed E-state index contributed by atoms with van der Waals surface area (Å²) in [5, 5.41) is 46.5. The van der Waals surface area contributed by atoms with Crippen molar-refractivity contribution in [3.8, 4) is 16.9 Å². The molecular formula is C34H40N4O7. The number of Topliss-reactive ketones (excluding diaryl/α,β-unsaturated/α-hetero) is 2. The molecule has 4 atom stereocenters. The van der Waals surface area contributed by atoms with E-state index in [1.165, 1.54) is 17.7 Å². The van der Waals surface area contributed by atoms with Gasteiger partial charge in [0.25, 0.3) is 5.91 Å². The summed E-state index contributed by atoms with van der Waals surface area (Å²) in [4.78, 5) is 45.6. The number of benzene rings is 2. The quantitative estimate of drug-likeness (QED) is 0.304. The van der Waals surface area contributed by atoms with Crippen LogP contribution in [0.2, 0.25) is 0 Å². The van der Waals surface area contributed by atoms with Crippen LogP contribution in [-0.4, -0.2) is 101 Å². The average Bonchev–Trinajstić information content (AvgIpc) is 3.48. The van der Waals surface area contributed by atoms with Crippen LogP contribution in [0.4, 0.5) is 5.69 Å². The van der Waals surface area contributed by atoms with Gasteiger partial charge in [-0.1, -0.05) is 24.3 Å². The van der Waals surface area contributed by atoms with E-state index in [0.29, 0.717) is 11.1 Å². The van der Waals surface area contributed by atoms with Crippen molar-refractivity contribution in [3.63, 3.8) is 0 Å². The van der Waals surface area contributed by atoms with Gasteiger partial charge in [0.2, 0.25) is 5.78 Å². The molecule has 0 bridgehead atoms. The number of ketones is 2. The van der Waals surface area contributed by atoms with E-state index in [1.807, 2.05) is 49.3 Å². The normalized spacial score (nSPS) is 26.7. The van der Waals surface area contributed by atoms with Crippen molar-refractivity contribution >= 4 is 28.9 Å². The number of likely N-dealkylation sites (tertiary alicyclic amines) is 1. The second-order valence-electron chi connectivity index (χ2n) is 13.2. The SMILES string of the molecule is CN(C)c1cc(-c2ccc(CN3CCCC3)cc2)c(O)c2c1C[C@H]1C[C@@H]3[C@@H](N(C)C)C(=O)C(C(N)=O)=C(O)[C@@]3(O)C(=O)C1=C2O. The number of amides is 1. The van der Waals surface area contributed by atoms with Crippen LogP contribution in [0.25, 0.3) is 16.9 Å². The van der Waals surface area contributed by atoms with E-state index in [9.17, 15) is 34.8 Å². The van der Waals surface area contributed by atoms with Gasteiger partial charge in [-0.05, 0) is 81.5 Å². The number of fused-ring (bicyclic) bond motifs is 3. The molecule has 6 rings (SSSR count). The molecule has 0 spiro atoms. The van der Waals surface area contributed by atoms with E-state index < -0.39 is 58.0 Å². The lowest BCUT2D eigenvalue weighted by Crippen LogP contribution is -2.65. The minimum Gasteiger partial charge on any atom is -0.508 e. The van der Waals surface area contributed by atoms with Crippen LogP contribution >= 0.6 is 0 Å². The maximum absolute atomic E-state index is 14.2. The zero-order valence-corrected chi connectivity index (χ0v) is 26.0. The number of anilines is 1. The Morgan fingerprint density at radius 3 is 2.27 bits per heavy atom. The molecular weight excluding hydrogens is 576 g/mol. The van der Waals surface area contributed by atoms with Crippen molar-refractivity contribution in [1.82, 2.24) is 9.80 Å². The van der Waals surface area contributed by atoms with E-state index in [0.717, 1.165) is 36.4 Å². The minimum absolute atomic E-state index is 0.0413. The number of phenolic OH excluding ortho intramolecular Hbond substituents is 1. The van der Waals surface area contributed by atoms with Crippen molar-refractivity contribution in [2.45, 2.75) is 43.9 Å². The van der Waals surface area contributed by atoms with E-state index >= 15 is 0 Å². The van der Waals surface area contributed by atoms with Crippen LogP contribution in [0.5, 0.6) is 5.75 Å². The highest BCUT2D eigenvalue weighted by molar-refractivity contribution is 6.24.